The van der Waals surface area contributed by atoms with Crippen LogP contribution in [0.1, 0.15) is 241 Å². The molecule has 0 bridgehead atoms. The minimum Gasteiger partial charge on any atom is -0.243 e. The van der Waals surface area contributed by atoms with Gasteiger partial charge in [-0.1, -0.05) is 320 Å². The van der Waals surface area contributed by atoms with Gasteiger partial charge in [0.2, 0.25) is 0 Å². The van der Waals surface area contributed by atoms with E-state index in [1.807, 2.05) is 0 Å². The molecule has 0 fully saturated rings. The molecule has 8 aromatic rings. The van der Waals surface area contributed by atoms with Crippen molar-refractivity contribution in [1.29, 1.82) is 0 Å². The van der Waals surface area contributed by atoms with E-state index in [0.717, 1.165) is 46.4 Å². The van der Waals surface area contributed by atoms with Gasteiger partial charge in [-0.05, 0) is 113 Å². The molecule has 0 aliphatic heterocycles. The summed E-state index contributed by atoms with van der Waals surface area (Å²) >= 11 is 0. The van der Waals surface area contributed by atoms with Crippen molar-refractivity contribution in [2.75, 3.05) is 0 Å². The fraction of sp³-hybridized carbons (Fsp3) is 0.450. The molecule has 0 saturated carbocycles. The van der Waals surface area contributed by atoms with Gasteiger partial charge < -0.3 is 0 Å². The largest absolute Gasteiger partial charge is 0.243 e. The maximum Gasteiger partial charge on any atom is 0.0982 e. The van der Waals surface area contributed by atoms with Gasteiger partial charge in [-0.15, -0.1) is 0 Å². The molecular formula is C80H98N2. The minimum atomic E-state index is -0.180. The van der Waals surface area contributed by atoms with Gasteiger partial charge in [-0.2, -0.15) is 0 Å². The van der Waals surface area contributed by atoms with E-state index in [2.05, 4.69) is 187 Å². The SMILES string of the molecule is CCCCCCCCC1(CCCCCCCC)c2cc(C)ccc2-c2ccc(-c3cc4c(c5nc(-c6ccccc6)c(-c6ccccc6)nc35)-c3ccc(-c5ccc(C)cc5)cc3C4(CCCCCCCC)CCCCCCCC)cc21. The number of benzene rings is 7. The molecule has 0 unspecified atom stereocenters. The minimum absolute atomic E-state index is 0.0436. The Kier molecular flexibility index (Phi) is 20.5. The van der Waals surface area contributed by atoms with Crippen molar-refractivity contribution in [2.45, 2.75) is 232 Å². The van der Waals surface area contributed by atoms with E-state index < -0.39 is 0 Å². The van der Waals surface area contributed by atoms with Crippen LogP contribution in [-0.2, 0) is 10.8 Å². The molecule has 2 nitrogen and oxygen atoms in total. The van der Waals surface area contributed by atoms with Crippen molar-refractivity contribution in [3.8, 4) is 67.0 Å². The van der Waals surface area contributed by atoms with Crippen LogP contribution < -0.4 is 0 Å². The van der Waals surface area contributed by atoms with E-state index >= 15 is 0 Å². The van der Waals surface area contributed by atoms with Crippen molar-refractivity contribution >= 4 is 11.0 Å². The molecule has 1 heterocycles. The number of aromatic nitrogens is 2. The lowest BCUT2D eigenvalue weighted by Crippen LogP contribution is -2.26. The second kappa shape index (κ2) is 28.4. The smallest absolute Gasteiger partial charge is 0.0982 e. The summed E-state index contributed by atoms with van der Waals surface area (Å²) in [4.78, 5) is 12.2. The standard InChI is InChI=1S/C80H98N2/c1-7-11-15-19-23-33-51-79(52-34-24-20-16-12-8-2)70-55-60(6)43-48-66(70)67-49-47-65(57-71(67)79)69-58-73-74(78-77(69)81-75(62-37-29-27-30-38-62)76(82-78)63-39-31-28-32-40-63)68-50-46-64(61-44-41-59(5)42-45-61)56-72(68)80(73,53-35-25-21-17-13-9-3)54-36-26-22-18-14-10-4/h27-32,37-50,55-58H,7-26,33-36,51-54H2,1-6H3. The van der Waals surface area contributed by atoms with Crippen LogP contribution in [0.4, 0.5) is 0 Å². The van der Waals surface area contributed by atoms with Crippen LogP contribution in [0.3, 0.4) is 0 Å². The lowest BCUT2D eigenvalue weighted by Gasteiger charge is -2.34. The molecule has 2 aliphatic rings. The summed E-state index contributed by atoms with van der Waals surface area (Å²) in [6, 6.07) is 56.5. The number of fused-ring (bicyclic) bond motifs is 8. The van der Waals surface area contributed by atoms with Crippen LogP contribution in [-0.4, -0.2) is 9.97 Å². The molecule has 7 aromatic carbocycles. The Balaban J connectivity index is 1.24. The maximum atomic E-state index is 6.12. The van der Waals surface area contributed by atoms with E-state index in [1.165, 1.54) is 234 Å². The van der Waals surface area contributed by atoms with Crippen molar-refractivity contribution in [3.63, 3.8) is 0 Å². The van der Waals surface area contributed by atoms with Gasteiger partial charge in [-0.3, -0.25) is 0 Å². The quantitative estimate of drug-likeness (QED) is 0.0393. The van der Waals surface area contributed by atoms with Crippen molar-refractivity contribution in [3.05, 3.63) is 179 Å². The summed E-state index contributed by atoms with van der Waals surface area (Å²) in [5.74, 6) is 0. The predicted octanol–water partition coefficient (Wildman–Crippen LogP) is 24.5. The summed E-state index contributed by atoms with van der Waals surface area (Å²) in [7, 11) is 0. The second-order valence-corrected chi connectivity index (χ2v) is 25.4. The zero-order chi connectivity index (χ0) is 56.7. The van der Waals surface area contributed by atoms with E-state index in [0.29, 0.717) is 0 Å². The third-order valence-electron chi connectivity index (χ3n) is 19.4. The second-order valence-electron chi connectivity index (χ2n) is 25.4. The molecule has 10 rings (SSSR count). The first kappa shape index (κ1) is 59.1. The highest BCUT2D eigenvalue weighted by Gasteiger charge is 2.46. The molecule has 0 amide bonds. The first-order valence-corrected chi connectivity index (χ1v) is 33.3. The Bertz CT molecular complexity index is 3290. The molecular weight excluding hydrogens is 989 g/mol. The van der Waals surface area contributed by atoms with E-state index in [-0.39, 0.29) is 10.8 Å². The highest BCUT2D eigenvalue weighted by molar-refractivity contribution is 6.08. The van der Waals surface area contributed by atoms with Crippen molar-refractivity contribution < 1.29 is 0 Å². The molecule has 82 heavy (non-hydrogen) atoms. The molecule has 0 radical (unpaired) electrons. The molecule has 428 valence electrons. The Hall–Kier alpha value is -6.12. The third-order valence-corrected chi connectivity index (χ3v) is 19.4. The number of hydrogen-bond acceptors (Lipinski definition) is 2. The topological polar surface area (TPSA) is 25.8 Å². The van der Waals surface area contributed by atoms with Gasteiger partial charge in [0.25, 0.3) is 0 Å². The zero-order valence-corrected chi connectivity index (χ0v) is 51.5. The Morgan fingerprint density at radius 1 is 0.280 bits per heavy atom. The van der Waals surface area contributed by atoms with Crippen LogP contribution in [0.5, 0.6) is 0 Å². The fourth-order valence-electron chi connectivity index (χ4n) is 14.8. The first-order chi connectivity index (χ1) is 40.3. The number of nitrogens with zero attached hydrogens (tertiary/aromatic N) is 2. The van der Waals surface area contributed by atoms with Gasteiger partial charge in [0.15, 0.2) is 0 Å². The lowest BCUT2D eigenvalue weighted by molar-refractivity contribution is 0.397. The van der Waals surface area contributed by atoms with Crippen LogP contribution in [0.2, 0.25) is 0 Å². The third kappa shape index (κ3) is 12.8. The number of aryl methyl sites for hydroxylation is 2. The lowest BCUT2D eigenvalue weighted by atomic mass is 9.69. The van der Waals surface area contributed by atoms with Gasteiger partial charge in [0.05, 0.1) is 22.4 Å². The van der Waals surface area contributed by atoms with Crippen LogP contribution >= 0.6 is 0 Å². The molecule has 0 atom stereocenters. The number of hydrogen-bond donors (Lipinski definition) is 0. The van der Waals surface area contributed by atoms with Gasteiger partial charge in [0, 0.05) is 33.1 Å². The molecule has 0 spiro atoms. The van der Waals surface area contributed by atoms with Crippen LogP contribution in [0, 0.1) is 13.8 Å². The van der Waals surface area contributed by atoms with E-state index in [4.69, 9.17) is 9.97 Å². The average molecular weight is 1090 g/mol. The van der Waals surface area contributed by atoms with Crippen molar-refractivity contribution in [1.82, 2.24) is 9.97 Å². The van der Waals surface area contributed by atoms with Gasteiger partial charge in [-0.25, -0.2) is 9.97 Å². The zero-order valence-electron chi connectivity index (χ0n) is 51.5. The fourth-order valence-corrected chi connectivity index (χ4v) is 14.8. The summed E-state index contributed by atoms with van der Waals surface area (Å²) < 4.78 is 0. The van der Waals surface area contributed by atoms with Gasteiger partial charge >= 0.3 is 0 Å². The summed E-state index contributed by atoms with van der Waals surface area (Å²) in [6.45, 7) is 13.9. The monoisotopic (exact) mass is 1090 g/mol. The molecule has 0 saturated heterocycles. The number of rotatable bonds is 32. The Morgan fingerprint density at radius 3 is 1.17 bits per heavy atom. The maximum absolute atomic E-state index is 6.12. The molecule has 0 N–H and O–H groups in total. The van der Waals surface area contributed by atoms with E-state index in [9.17, 15) is 0 Å². The number of unbranched alkanes of at least 4 members (excludes halogenated alkanes) is 20. The predicted molar refractivity (Wildman–Crippen MR) is 355 cm³/mol. The van der Waals surface area contributed by atoms with E-state index in [1.54, 1.807) is 11.1 Å². The summed E-state index contributed by atoms with van der Waals surface area (Å²) in [5, 5.41) is 0. The van der Waals surface area contributed by atoms with Gasteiger partial charge in [0.1, 0.15) is 0 Å². The van der Waals surface area contributed by atoms with Crippen molar-refractivity contribution in [2.24, 2.45) is 0 Å². The summed E-state index contributed by atoms with van der Waals surface area (Å²) in [6.07, 6.45) is 35.8. The highest BCUT2D eigenvalue weighted by atomic mass is 14.8. The average Bonchev–Trinajstić information content (AvgIpc) is 2.05. The normalized spacial score (nSPS) is 13.6. The molecule has 2 aliphatic carbocycles. The Labute approximate surface area is 496 Å². The molecule has 1 aromatic heterocycles. The van der Waals surface area contributed by atoms with Crippen LogP contribution in [0.15, 0.2) is 146 Å². The summed E-state index contributed by atoms with van der Waals surface area (Å²) in [5.41, 5.74) is 25.5. The highest BCUT2D eigenvalue weighted by Crippen LogP contribution is 2.60. The molecule has 2 heteroatoms. The van der Waals surface area contributed by atoms with Crippen LogP contribution in [0.25, 0.3) is 78.1 Å². The first-order valence-electron chi connectivity index (χ1n) is 33.3. The Morgan fingerprint density at radius 2 is 0.659 bits per heavy atom.